The minimum absolute atomic E-state index is 0.0966. The van der Waals surface area contributed by atoms with E-state index in [1.165, 1.54) is 13.1 Å². The van der Waals surface area contributed by atoms with Crippen molar-refractivity contribution >= 4 is 16.8 Å². The van der Waals surface area contributed by atoms with Crippen LogP contribution >= 0.6 is 0 Å². The van der Waals surface area contributed by atoms with Crippen molar-refractivity contribution < 1.29 is 4.79 Å². The maximum Gasteiger partial charge on any atom is 0.276 e. The van der Waals surface area contributed by atoms with Crippen LogP contribution in [0.2, 0.25) is 0 Å². The van der Waals surface area contributed by atoms with Crippen molar-refractivity contribution in [1.29, 1.82) is 0 Å². The summed E-state index contributed by atoms with van der Waals surface area (Å²) in [5.74, 6) is -0.0966. The van der Waals surface area contributed by atoms with Crippen LogP contribution in [0.5, 0.6) is 0 Å². The Morgan fingerprint density at radius 3 is 2.79 bits per heavy atom. The molecule has 2 aromatic heterocycles. The number of aromatic amines is 2. The number of Topliss-reactive ketones (excluding diaryl/α,β-unsaturated/α-hetero) is 1. The average Bonchev–Trinajstić information content (AvgIpc) is 2.90. The summed E-state index contributed by atoms with van der Waals surface area (Å²) < 4.78 is 0. The molecule has 1 aromatic carbocycles. The number of nitrogens with one attached hydrogen (secondary N) is 2. The van der Waals surface area contributed by atoms with Crippen LogP contribution in [0.25, 0.3) is 22.4 Å². The molecule has 94 valence electrons. The second kappa shape index (κ2) is 4.16. The maximum atomic E-state index is 12.0. The van der Waals surface area contributed by atoms with Crippen LogP contribution in [0, 0.1) is 0 Å². The lowest BCUT2D eigenvalue weighted by molar-refractivity contribution is 0.101. The molecule has 19 heavy (non-hydrogen) atoms. The van der Waals surface area contributed by atoms with E-state index in [1.54, 1.807) is 24.3 Å². The quantitative estimate of drug-likeness (QED) is 0.678. The van der Waals surface area contributed by atoms with Gasteiger partial charge in [-0.05, 0) is 25.1 Å². The van der Waals surface area contributed by atoms with Gasteiger partial charge in [0.15, 0.2) is 11.5 Å². The molecule has 0 aliphatic heterocycles. The van der Waals surface area contributed by atoms with Crippen LogP contribution in [-0.2, 0) is 0 Å². The van der Waals surface area contributed by atoms with Crippen LogP contribution in [0.4, 0.5) is 0 Å². The highest BCUT2D eigenvalue weighted by atomic mass is 16.1. The third-order valence-corrected chi connectivity index (χ3v) is 2.86. The fraction of sp³-hybridized carbons (Fsp3) is 0.0769. The Hall–Kier alpha value is -2.76. The van der Waals surface area contributed by atoms with E-state index in [1.807, 2.05) is 0 Å². The SMILES string of the molecule is CC(=O)c1cccc2[nH]c(=O)c(-c3ccn[nH]3)nc12. The molecular formula is C13H10N4O2. The van der Waals surface area contributed by atoms with Crippen LogP contribution in [0.1, 0.15) is 17.3 Å². The third kappa shape index (κ3) is 1.83. The van der Waals surface area contributed by atoms with Crippen LogP contribution in [0.15, 0.2) is 35.3 Å². The highest BCUT2D eigenvalue weighted by Crippen LogP contribution is 2.17. The maximum absolute atomic E-state index is 12.0. The lowest BCUT2D eigenvalue weighted by atomic mass is 10.1. The number of aromatic nitrogens is 4. The molecule has 0 aliphatic carbocycles. The zero-order valence-electron chi connectivity index (χ0n) is 10.1. The first-order valence-corrected chi connectivity index (χ1v) is 5.70. The smallest absolute Gasteiger partial charge is 0.276 e. The van der Waals surface area contributed by atoms with E-state index < -0.39 is 0 Å². The normalized spacial score (nSPS) is 10.8. The number of carbonyl (C=O) groups excluding carboxylic acids is 1. The van der Waals surface area contributed by atoms with E-state index in [9.17, 15) is 9.59 Å². The van der Waals surface area contributed by atoms with Gasteiger partial charge in [0.2, 0.25) is 0 Å². The first-order chi connectivity index (χ1) is 9.16. The number of ketones is 1. The largest absolute Gasteiger partial charge is 0.319 e. The molecule has 2 N–H and O–H groups in total. The van der Waals surface area contributed by atoms with Gasteiger partial charge in [-0.25, -0.2) is 4.98 Å². The zero-order chi connectivity index (χ0) is 13.4. The number of rotatable bonds is 2. The molecule has 0 aliphatic rings. The number of fused-ring (bicyclic) bond motifs is 1. The Labute approximate surface area is 107 Å². The summed E-state index contributed by atoms with van der Waals surface area (Å²) in [5.41, 5.74) is 1.92. The van der Waals surface area contributed by atoms with E-state index in [0.29, 0.717) is 22.3 Å². The van der Waals surface area contributed by atoms with Gasteiger partial charge in [-0.1, -0.05) is 6.07 Å². The number of nitrogens with zero attached hydrogens (tertiary/aromatic N) is 2. The van der Waals surface area contributed by atoms with Crippen molar-refractivity contribution in [3.05, 3.63) is 46.4 Å². The molecule has 2 heterocycles. The summed E-state index contributed by atoms with van der Waals surface area (Å²) in [4.78, 5) is 30.6. The lowest BCUT2D eigenvalue weighted by Crippen LogP contribution is -2.13. The number of carbonyl (C=O) groups is 1. The van der Waals surface area contributed by atoms with Gasteiger partial charge in [0.25, 0.3) is 5.56 Å². The summed E-state index contributed by atoms with van der Waals surface area (Å²) in [7, 11) is 0. The predicted octanol–water partition coefficient (Wildman–Crippen LogP) is 1.52. The second-order valence-corrected chi connectivity index (χ2v) is 4.14. The Bertz CT molecular complexity index is 818. The number of benzene rings is 1. The van der Waals surface area contributed by atoms with Crippen molar-refractivity contribution in [2.45, 2.75) is 6.92 Å². The molecule has 0 saturated carbocycles. The molecule has 6 nitrogen and oxygen atoms in total. The molecule has 0 spiro atoms. The van der Waals surface area contributed by atoms with Crippen molar-refractivity contribution in [3.8, 4) is 11.4 Å². The van der Waals surface area contributed by atoms with Gasteiger partial charge >= 0.3 is 0 Å². The highest BCUT2D eigenvalue weighted by Gasteiger charge is 2.12. The van der Waals surface area contributed by atoms with Gasteiger partial charge < -0.3 is 4.98 Å². The zero-order valence-corrected chi connectivity index (χ0v) is 10.1. The summed E-state index contributed by atoms with van der Waals surface area (Å²) in [5, 5.41) is 6.48. The topological polar surface area (TPSA) is 91.5 Å². The molecular weight excluding hydrogens is 244 g/mol. The van der Waals surface area contributed by atoms with Crippen molar-refractivity contribution in [1.82, 2.24) is 20.2 Å². The molecule has 0 unspecified atom stereocenters. The Balaban J connectivity index is 2.38. The number of H-pyrrole nitrogens is 2. The van der Waals surface area contributed by atoms with Gasteiger partial charge in [-0.2, -0.15) is 5.10 Å². The van der Waals surface area contributed by atoms with Gasteiger partial charge in [0.1, 0.15) is 0 Å². The van der Waals surface area contributed by atoms with Gasteiger partial charge in [-0.15, -0.1) is 0 Å². The lowest BCUT2D eigenvalue weighted by Gasteiger charge is -2.04. The number of hydrogen-bond donors (Lipinski definition) is 2. The predicted molar refractivity (Wildman–Crippen MR) is 69.9 cm³/mol. The molecule has 0 radical (unpaired) electrons. The fourth-order valence-corrected chi connectivity index (χ4v) is 1.96. The highest BCUT2D eigenvalue weighted by molar-refractivity contribution is 6.04. The summed E-state index contributed by atoms with van der Waals surface area (Å²) in [6.45, 7) is 1.47. The number of para-hydroxylation sites is 1. The first-order valence-electron chi connectivity index (χ1n) is 5.70. The summed E-state index contributed by atoms with van der Waals surface area (Å²) in [6, 6.07) is 6.77. The van der Waals surface area contributed by atoms with Crippen LogP contribution in [-0.4, -0.2) is 25.9 Å². The van der Waals surface area contributed by atoms with E-state index >= 15 is 0 Å². The minimum Gasteiger partial charge on any atom is -0.319 e. The monoisotopic (exact) mass is 254 g/mol. The molecule has 3 aromatic rings. The van der Waals surface area contributed by atoms with E-state index in [-0.39, 0.29) is 17.0 Å². The third-order valence-electron chi connectivity index (χ3n) is 2.86. The van der Waals surface area contributed by atoms with Crippen LogP contribution < -0.4 is 5.56 Å². The van der Waals surface area contributed by atoms with Gasteiger partial charge in [0, 0.05) is 11.8 Å². The van der Waals surface area contributed by atoms with E-state index in [0.717, 1.165) is 0 Å². The summed E-state index contributed by atoms with van der Waals surface area (Å²) in [6.07, 6.45) is 1.54. The van der Waals surface area contributed by atoms with E-state index in [2.05, 4.69) is 20.2 Å². The van der Waals surface area contributed by atoms with Crippen molar-refractivity contribution in [3.63, 3.8) is 0 Å². The van der Waals surface area contributed by atoms with E-state index in [4.69, 9.17) is 0 Å². The molecule has 0 bridgehead atoms. The first kappa shape index (κ1) is 11.3. The average molecular weight is 254 g/mol. The standard InChI is InChI=1S/C13H10N4O2/c1-7(18)8-3-2-4-9-11(8)16-12(13(19)15-9)10-5-6-14-17-10/h2-6H,1H3,(H,14,17)(H,15,19). The van der Waals surface area contributed by atoms with Crippen molar-refractivity contribution in [2.75, 3.05) is 0 Å². The van der Waals surface area contributed by atoms with Gasteiger partial charge in [0.05, 0.1) is 16.7 Å². The number of hydrogen-bond acceptors (Lipinski definition) is 4. The Morgan fingerprint density at radius 1 is 1.26 bits per heavy atom. The fourth-order valence-electron chi connectivity index (χ4n) is 1.96. The minimum atomic E-state index is -0.322. The molecule has 0 amide bonds. The van der Waals surface area contributed by atoms with Crippen LogP contribution in [0.3, 0.4) is 0 Å². The molecule has 0 saturated heterocycles. The molecule has 0 atom stereocenters. The Kier molecular flexibility index (Phi) is 2.49. The van der Waals surface area contributed by atoms with Gasteiger partial charge in [-0.3, -0.25) is 14.7 Å². The molecule has 6 heteroatoms. The Morgan fingerprint density at radius 2 is 2.11 bits per heavy atom. The molecule has 3 rings (SSSR count). The van der Waals surface area contributed by atoms with Crippen molar-refractivity contribution in [2.24, 2.45) is 0 Å². The summed E-state index contributed by atoms with van der Waals surface area (Å²) >= 11 is 0. The second-order valence-electron chi connectivity index (χ2n) is 4.14. The molecule has 0 fully saturated rings.